The van der Waals surface area contributed by atoms with Crippen LogP contribution in [0.4, 0.5) is 0 Å². The largest absolute Gasteiger partial charge is 0.300 e. The lowest BCUT2D eigenvalue weighted by molar-refractivity contribution is 0.111. The zero-order valence-electron chi connectivity index (χ0n) is 9.14. The SMILES string of the molecule is CC(C)N1CCC(c2nc(C=O)cs2)C1. The number of rotatable bonds is 3. The first kappa shape index (κ1) is 10.8. The smallest absolute Gasteiger partial charge is 0.169 e. The van der Waals surface area contributed by atoms with Crippen molar-refractivity contribution in [2.45, 2.75) is 32.2 Å². The number of carbonyl (C=O) groups excluding carboxylic acids is 1. The van der Waals surface area contributed by atoms with Gasteiger partial charge in [-0.15, -0.1) is 11.3 Å². The summed E-state index contributed by atoms with van der Waals surface area (Å²) in [6.07, 6.45) is 2.00. The van der Waals surface area contributed by atoms with Crippen molar-refractivity contribution in [1.82, 2.24) is 9.88 Å². The third kappa shape index (κ3) is 2.26. The molecule has 1 aliphatic rings. The molecule has 0 N–H and O–H groups in total. The minimum atomic E-state index is 0.533. The fourth-order valence-corrected chi connectivity index (χ4v) is 2.89. The molecule has 1 aromatic heterocycles. The Morgan fingerprint density at radius 2 is 2.47 bits per heavy atom. The molecule has 82 valence electrons. The molecule has 1 saturated heterocycles. The van der Waals surface area contributed by atoms with Gasteiger partial charge in [-0.2, -0.15) is 0 Å². The molecule has 0 spiro atoms. The molecule has 1 aromatic rings. The molecule has 0 radical (unpaired) electrons. The summed E-state index contributed by atoms with van der Waals surface area (Å²) in [5, 5.41) is 2.97. The second kappa shape index (κ2) is 4.41. The highest BCUT2D eigenvalue weighted by atomic mass is 32.1. The van der Waals surface area contributed by atoms with Gasteiger partial charge in [-0.1, -0.05) is 0 Å². The molecule has 4 heteroatoms. The first-order valence-electron chi connectivity index (χ1n) is 5.35. The van der Waals surface area contributed by atoms with Crippen molar-refractivity contribution < 1.29 is 4.79 Å². The highest BCUT2D eigenvalue weighted by molar-refractivity contribution is 7.09. The Bertz CT molecular complexity index is 348. The molecule has 0 aromatic carbocycles. The maximum absolute atomic E-state index is 10.5. The van der Waals surface area contributed by atoms with E-state index in [0.717, 1.165) is 24.4 Å². The Balaban J connectivity index is 2.04. The van der Waals surface area contributed by atoms with Gasteiger partial charge < -0.3 is 4.90 Å². The number of carbonyl (C=O) groups is 1. The van der Waals surface area contributed by atoms with Crippen LogP contribution < -0.4 is 0 Å². The van der Waals surface area contributed by atoms with Gasteiger partial charge in [0.25, 0.3) is 0 Å². The molecule has 0 saturated carbocycles. The Morgan fingerprint density at radius 3 is 3.00 bits per heavy atom. The molecule has 0 amide bonds. The first-order chi connectivity index (χ1) is 7.20. The number of aromatic nitrogens is 1. The van der Waals surface area contributed by atoms with Crippen LogP contribution in [0, 0.1) is 0 Å². The molecule has 2 heterocycles. The highest BCUT2D eigenvalue weighted by Gasteiger charge is 2.27. The standard InChI is InChI=1S/C11H16N2OS/c1-8(2)13-4-3-9(5-13)11-12-10(6-14)7-15-11/h6-9H,3-5H2,1-2H3. The summed E-state index contributed by atoms with van der Waals surface area (Å²) in [7, 11) is 0. The fraction of sp³-hybridized carbons (Fsp3) is 0.636. The quantitative estimate of drug-likeness (QED) is 0.738. The Labute approximate surface area is 94.1 Å². The topological polar surface area (TPSA) is 33.2 Å². The highest BCUT2D eigenvalue weighted by Crippen LogP contribution is 2.30. The van der Waals surface area contributed by atoms with Crippen molar-refractivity contribution in [3.05, 3.63) is 16.1 Å². The third-order valence-corrected chi connectivity index (χ3v) is 3.99. The number of hydrogen-bond acceptors (Lipinski definition) is 4. The van der Waals surface area contributed by atoms with E-state index in [-0.39, 0.29) is 0 Å². The summed E-state index contributed by atoms with van der Waals surface area (Å²) in [6, 6.07) is 0.612. The van der Waals surface area contributed by atoms with Crippen molar-refractivity contribution in [3.63, 3.8) is 0 Å². The monoisotopic (exact) mass is 224 g/mol. The second-order valence-corrected chi connectivity index (χ2v) is 5.19. The van der Waals surface area contributed by atoms with E-state index in [9.17, 15) is 4.79 Å². The molecular formula is C11H16N2OS. The average molecular weight is 224 g/mol. The summed E-state index contributed by atoms with van der Waals surface area (Å²) in [5.41, 5.74) is 0.581. The second-order valence-electron chi connectivity index (χ2n) is 4.30. The van der Waals surface area contributed by atoms with E-state index >= 15 is 0 Å². The van der Waals surface area contributed by atoms with Crippen LogP contribution in [0.3, 0.4) is 0 Å². The van der Waals surface area contributed by atoms with Crippen LogP contribution in [0.25, 0.3) is 0 Å². The van der Waals surface area contributed by atoms with Crippen molar-refractivity contribution in [3.8, 4) is 0 Å². The molecule has 0 aliphatic carbocycles. The molecule has 0 bridgehead atoms. The molecule has 1 aliphatic heterocycles. The minimum absolute atomic E-state index is 0.533. The van der Waals surface area contributed by atoms with Gasteiger partial charge in [0.15, 0.2) is 6.29 Å². The molecule has 1 atom stereocenters. The number of aldehydes is 1. The number of nitrogens with zero attached hydrogens (tertiary/aromatic N) is 2. The maximum atomic E-state index is 10.5. The minimum Gasteiger partial charge on any atom is -0.300 e. The fourth-order valence-electron chi connectivity index (χ4n) is 2.00. The van der Waals surface area contributed by atoms with Crippen LogP contribution in [0.2, 0.25) is 0 Å². The first-order valence-corrected chi connectivity index (χ1v) is 6.23. The Morgan fingerprint density at radius 1 is 1.67 bits per heavy atom. The van der Waals surface area contributed by atoms with Gasteiger partial charge in [-0.05, 0) is 26.8 Å². The summed E-state index contributed by atoms with van der Waals surface area (Å²) in [6.45, 7) is 6.68. The zero-order valence-corrected chi connectivity index (χ0v) is 9.96. The predicted octanol–water partition coefficient (Wildman–Crippen LogP) is 2.15. The van der Waals surface area contributed by atoms with Gasteiger partial charge in [0.05, 0.1) is 5.01 Å². The maximum Gasteiger partial charge on any atom is 0.169 e. The number of hydrogen-bond donors (Lipinski definition) is 0. The van der Waals surface area contributed by atoms with E-state index < -0.39 is 0 Å². The van der Waals surface area contributed by atoms with Gasteiger partial charge in [-0.25, -0.2) is 4.98 Å². The third-order valence-electron chi connectivity index (χ3n) is 2.96. The Kier molecular flexibility index (Phi) is 3.17. The van der Waals surface area contributed by atoms with Crippen molar-refractivity contribution in [2.75, 3.05) is 13.1 Å². The van der Waals surface area contributed by atoms with Crippen molar-refractivity contribution in [1.29, 1.82) is 0 Å². The van der Waals surface area contributed by atoms with E-state index in [1.807, 2.05) is 5.38 Å². The van der Waals surface area contributed by atoms with Crippen LogP contribution in [-0.4, -0.2) is 35.3 Å². The summed E-state index contributed by atoms with van der Waals surface area (Å²) in [5.74, 6) is 0.533. The predicted molar refractivity (Wildman–Crippen MR) is 61.6 cm³/mol. The van der Waals surface area contributed by atoms with Crippen molar-refractivity contribution in [2.24, 2.45) is 0 Å². The van der Waals surface area contributed by atoms with Gasteiger partial charge in [-0.3, -0.25) is 4.79 Å². The molecule has 1 unspecified atom stereocenters. The van der Waals surface area contributed by atoms with E-state index in [1.165, 1.54) is 6.42 Å². The zero-order chi connectivity index (χ0) is 10.8. The van der Waals surface area contributed by atoms with Gasteiger partial charge in [0, 0.05) is 23.9 Å². The molecular weight excluding hydrogens is 208 g/mol. The van der Waals surface area contributed by atoms with Crippen LogP contribution in [0.15, 0.2) is 5.38 Å². The molecule has 2 rings (SSSR count). The van der Waals surface area contributed by atoms with Crippen LogP contribution >= 0.6 is 11.3 Å². The Hall–Kier alpha value is -0.740. The van der Waals surface area contributed by atoms with E-state index in [1.54, 1.807) is 11.3 Å². The molecule has 15 heavy (non-hydrogen) atoms. The molecule has 3 nitrogen and oxygen atoms in total. The molecule has 1 fully saturated rings. The lowest BCUT2D eigenvalue weighted by Crippen LogP contribution is -2.27. The summed E-state index contributed by atoms with van der Waals surface area (Å²) in [4.78, 5) is 17.3. The lowest BCUT2D eigenvalue weighted by atomic mass is 10.1. The lowest BCUT2D eigenvalue weighted by Gasteiger charge is -2.19. The van der Waals surface area contributed by atoms with Gasteiger partial charge >= 0.3 is 0 Å². The normalized spacial score (nSPS) is 22.5. The average Bonchev–Trinajstić information content (AvgIpc) is 2.86. The van der Waals surface area contributed by atoms with Crippen LogP contribution in [-0.2, 0) is 0 Å². The van der Waals surface area contributed by atoms with Crippen LogP contribution in [0.5, 0.6) is 0 Å². The summed E-state index contributed by atoms with van der Waals surface area (Å²) < 4.78 is 0. The number of thiazole rings is 1. The van der Waals surface area contributed by atoms with E-state index in [2.05, 4.69) is 23.7 Å². The van der Waals surface area contributed by atoms with Crippen molar-refractivity contribution >= 4 is 17.6 Å². The van der Waals surface area contributed by atoms with Gasteiger partial charge in [0.1, 0.15) is 5.69 Å². The van der Waals surface area contributed by atoms with Gasteiger partial charge in [0.2, 0.25) is 0 Å². The number of likely N-dealkylation sites (tertiary alicyclic amines) is 1. The summed E-state index contributed by atoms with van der Waals surface area (Å²) >= 11 is 1.62. The van der Waals surface area contributed by atoms with E-state index in [4.69, 9.17) is 0 Å². The van der Waals surface area contributed by atoms with Crippen LogP contribution in [0.1, 0.15) is 41.7 Å². The van der Waals surface area contributed by atoms with E-state index in [0.29, 0.717) is 17.7 Å².